The number of nitrogens with two attached hydrogens (primary N) is 1. The molecule has 3 rings (SSSR count). The summed E-state index contributed by atoms with van der Waals surface area (Å²) < 4.78 is 5.96. The number of amides is 2. The second-order valence-electron chi connectivity index (χ2n) is 6.03. The van der Waals surface area contributed by atoms with Crippen LogP contribution in [0.4, 0.5) is 0 Å². The van der Waals surface area contributed by atoms with Crippen molar-refractivity contribution in [1.29, 1.82) is 0 Å². The minimum absolute atomic E-state index is 0.176. The first kappa shape index (κ1) is 17.3. The van der Waals surface area contributed by atoms with E-state index in [0.29, 0.717) is 30.3 Å². The van der Waals surface area contributed by atoms with E-state index in [0.717, 1.165) is 5.56 Å². The normalized spacial score (nSPS) is 18.0. The molecular weight excluding hydrogens is 340 g/mol. The van der Waals surface area contributed by atoms with E-state index in [9.17, 15) is 9.59 Å². The fraction of sp³-hybridized carbons (Fsp3) is 0.263. The number of carbonyl (C=O) groups excluding carboxylic acids is 2. The van der Waals surface area contributed by atoms with Crippen molar-refractivity contribution in [2.45, 2.75) is 12.5 Å². The van der Waals surface area contributed by atoms with Crippen LogP contribution in [0.1, 0.15) is 18.1 Å². The number of halogens is 1. The summed E-state index contributed by atoms with van der Waals surface area (Å²) >= 11 is 5.90. The molecule has 2 amide bonds. The summed E-state index contributed by atoms with van der Waals surface area (Å²) in [5, 5.41) is 0.596. The van der Waals surface area contributed by atoms with Crippen LogP contribution in [0.3, 0.4) is 0 Å². The van der Waals surface area contributed by atoms with Crippen LogP contribution in [-0.2, 0) is 9.59 Å². The van der Waals surface area contributed by atoms with Gasteiger partial charge in [0.25, 0.3) is 5.91 Å². The first-order valence-electron chi connectivity index (χ1n) is 8.10. The van der Waals surface area contributed by atoms with Gasteiger partial charge in [0.15, 0.2) is 0 Å². The highest BCUT2D eigenvalue weighted by molar-refractivity contribution is 6.30. The maximum atomic E-state index is 13.0. The van der Waals surface area contributed by atoms with Gasteiger partial charge in [0.1, 0.15) is 5.75 Å². The van der Waals surface area contributed by atoms with Crippen LogP contribution >= 0.6 is 11.6 Å². The topological polar surface area (TPSA) is 72.6 Å². The minimum Gasteiger partial charge on any atom is -0.476 e. The van der Waals surface area contributed by atoms with Crippen LogP contribution in [0.25, 0.3) is 0 Å². The first-order chi connectivity index (χ1) is 12.0. The molecule has 0 bridgehead atoms. The summed E-state index contributed by atoms with van der Waals surface area (Å²) in [5.41, 5.74) is 6.12. The van der Waals surface area contributed by atoms with E-state index in [4.69, 9.17) is 22.1 Å². The number of benzene rings is 2. The van der Waals surface area contributed by atoms with Crippen LogP contribution in [-0.4, -0.2) is 29.8 Å². The highest BCUT2D eigenvalue weighted by atomic mass is 35.5. The smallest absolute Gasteiger partial charge is 0.268 e. The van der Waals surface area contributed by atoms with Gasteiger partial charge in [-0.05, 0) is 30.7 Å². The zero-order chi connectivity index (χ0) is 17.8. The number of ether oxygens (including phenoxy) is 1. The Balaban J connectivity index is 1.82. The van der Waals surface area contributed by atoms with Crippen molar-refractivity contribution in [2.75, 3.05) is 13.1 Å². The Kier molecular flexibility index (Phi) is 5.24. The standard InChI is InChI=1S/C19H19ClN2O3/c20-15-6-8-16(9-7-15)25-17(13-4-2-1-3-5-13)19(24)22-11-10-14(12-22)18(21)23/h1-9,14,17H,10-12H2,(H2,21,23). The SMILES string of the molecule is NC(=O)C1CCN(C(=O)C(Oc2ccc(Cl)cc2)c2ccccc2)C1. The van der Waals surface area contributed by atoms with E-state index in [1.165, 1.54) is 0 Å². The molecular formula is C19H19ClN2O3. The molecule has 1 heterocycles. The number of hydrogen-bond acceptors (Lipinski definition) is 3. The highest BCUT2D eigenvalue weighted by Crippen LogP contribution is 2.27. The molecule has 2 atom stereocenters. The van der Waals surface area contributed by atoms with Crippen molar-refractivity contribution in [1.82, 2.24) is 4.90 Å². The van der Waals surface area contributed by atoms with Crippen LogP contribution < -0.4 is 10.5 Å². The molecule has 1 aliphatic rings. The number of primary amides is 1. The largest absolute Gasteiger partial charge is 0.476 e. The molecule has 1 aliphatic heterocycles. The molecule has 1 saturated heterocycles. The van der Waals surface area contributed by atoms with E-state index in [-0.39, 0.29) is 17.7 Å². The third-order valence-electron chi connectivity index (χ3n) is 4.30. The van der Waals surface area contributed by atoms with Crippen LogP contribution in [0.15, 0.2) is 54.6 Å². The molecule has 0 aromatic heterocycles. The van der Waals surface area contributed by atoms with Crippen LogP contribution in [0.2, 0.25) is 5.02 Å². The van der Waals surface area contributed by atoms with Gasteiger partial charge in [0.2, 0.25) is 12.0 Å². The number of likely N-dealkylation sites (tertiary alicyclic amines) is 1. The summed E-state index contributed by atoms with van der Waals surface area (Å²) in [6.07, 6.45) is -0.196. The van der Waals surface area contributed by atoms with Crippen molar-refractivity contribution in [3.05, 3.63) is 65.2 Å². The quantitative estimate of drug-likeness (QED) is 0.893. The Morgan fingerprint density at radius 1 is 1.12 bits per heavy atom. The molecule has 1 fully saturated rings. The lowest BCUT2D eigenvalue weighted by molar-refractivity contribution is -0.138. The zero-order valence-electron chi connectivity index (χ0n) is 13.6. The molecule has 0 saturated carbocycles. The minimum atomic E-state index is -0.783. The third-order valence-corrected chi connectivity index (χ3v) is 4.55. The van der Waals surface area contributed by atoms with E-state index < -0.39 is 6.10 Å². The summed E-state index contributed by atoms with van der Waals surface area (Å²) in [7, 11) is 0. The molecule has 0 spiro atoms. The van der Waals surface area contributed by atoms with Gasteiger partial charge in [-0.3, -0.25) is 9.59 Å². The summed E-state index contributed by atoms with van der Waals surface area (Å²) in [6.45, 7) is 0.835. The van der Waals surface area contributed by atoms with E-state index in [2.05, 4.69) is 0 Å². The summed E-state index contributed by atoms with van der Waals surface area (Å²) in [5.74, 6) is -0.289. The van der Waals surface area contributed by atoms with E-state index in [1.54, 1.807) is 29.2 Å². The Morgan fingerprint density at radius 2 is 1.80 bits per heavy atom. The number of hydrogen-bond donors (Lipinski definition) is 1. The monoisotopic (exact) mass is 358 g/mol. The summed E-state index contributed by atoms with van der Waals surface area (Å²) in [4.78, 5) is 26.0. The van der Waals surface area contributed by atoms with Crippen molar-refractivity contribution < 1.29 is 14.3 Å². The molecule has 2 unspecified atom stereocenters. The predicted molar refractivity (Wildman–Crippen MR) is 95.1 cm³/mol. The lowest BCUT2D eigenvalue weighted by Crippen LogP contribution is -2.37. The number of nitrogens with zero attached hydrogens (tertiary/aromatic N) is 1. The van der Waals surface area contributed by atoms with Crippen molar-refractivity contribution in [2.24, 2.45) is 11.7 Å². The Hall–Kier alpha value is -2.53. The van der Waals surface area contributed by atoms with Gasteiger partial charge < -0.3 is 15.4 Å². The Labute approximate surface area is 151 Å². The van der Waals surface area contributed by atoms with Crippen molar-refractivity contribution in [3.8, 4) is 5.75 Å². The van der Waals surface area contributed by atoms with Crippen LogP contribution in [0.5, 0.6) is 5.75 Å². The van der Waals surface area contributed by atoms with Crippen molar-refractivity contribution in [3.63, 3.8) is 0 Å². The van der Waals surface area contributed by atoms with Crippen molar-refractivity contribution >= 4 is 23.4 Å². The van der Waals surface area contributed by atoms with E-state index in [1.807, 2.05) is 30.3 Å². The second kappa shape index (κ2) is 7.57. The van der Waals surface area contributed by atoms with Gasteiger partial charge >= 0.3 is 0 Å². The lowest BCUT2D eigenvalue weighted by atomic mass is 10.1. The molecule has 2 aromatic rings. The molecule has 130 valence electrons. The van der Waals surface area contributed by atoms with Gasteiger partial charge in [-0.1, -0.05) is 41.9 Å². The Bertz CT molecular complexity index is 749. The second-order valence-corrected chi connectivity index (χ2v) is 6.47. The number of rotatable bonds is 5. The number of carbonyl (C=O) groups is 2. The van der Waals surface area contributed by atoms with Crippen LogP contribution in [0, 0.1) is 5.92 Å². The molecule has 6 heteroatoms. The van der Waals surface area contributed by atoms with Gasteiger partial charge in [-0.15, -0.1) is 0 Å². The van der Waals surface area contributed by atoms with Gasteiger partial charge in [0, 0.05) is 23.7 Å². The first-order valence-corrected chi connectivity index (χ1v) is 8.47. The predicted octanol–water partition coefficient (Wildman–Crippen LogP) is 2.79. The third kappa shape index (κ3) is 4.12. The average Bonchev–Trinajstić information content (AvgIpc) is 3.12. The van der Waals surface area contributed by atoms with Gasteiger partial charge in [-0.25, -0.2) is 0 Å². The van der Waals surface area contributed by atoms with Gasteiger partial charge in [-0.2, -0.15) is 0 Å². The Morgan fingerprint density at radius 3 is 2.40 bits per heavy atom. The molecule has 25 heavy (non-hydrogen) atoms. The molecule has 2 aromatic carbocycles. The lowest BCUT2D eigenvalue weighted by Gasteiger charge is -2.24. The molecule has 0 aliphatic carbocycles. The maximum Gasteiger partial charge on any atom is 0.268 e. The fourth-order valence-electron chi connectivity index (χ4n) is 2.90. The molecule has 2 N–H and O–H groups in total. The summed E-state index contributed by atoms with van der Waals surface area (Å²) in [6, 6.07) is 16.2. The van der Waals surface area contributed by atoms with Gasteiger partial charge in [0.05, 0.1) is 5.92 Å². The zero-order valence-corrected chi connectivity index (χ0v) is 14.4. The maximum absolute atomic E-state index is 13.0. The highest BCUT2D eigenvalue weighted by Gasteiger charge is 2.34. The fourth-order valence-corrected chi connectivity index (χ4v) is 3.02. The molecule has 0 radical (unpaired) electrons. The van der Waals surface area contributed by atoms with E-state index >= 15 is 0 Å². The molecule has 5 nitrogen and oxygen atoms in total. The average molecular weight is 359 g/mol.